The van der Waals surface area contributed by atoms with Crippen molar-refractivity contribution in [3.8, 4) is 11.1 Å². The van der Waals surface area contributed by atoms with E-state index in [9.17, 15) is 4.79 Å². The Balaban J connectivity index is 1.33. The third-order valence-corrected chi connectivity index (χ3v) is 6.05. The van der Waals surface area contributed by atoms with Crippen molar-refractivity contribution in [1.82, 2.24) is 9.80 Å². The van der Waals surface area contributed by atoms with Crippen molar-refractivity contribution < 1.29 is 4.79 Å². The maximum Gasteiger partial charge on any atom is 0.227 e. The molecule has 0 N–H and O–H groups in total. The number of hydrogen-bond acceptors (Lipinski definition) is 2. The summed E-state index contributed by atoms with van der Waals surface area (Å²) < 4.78 is 0. The molecule has 1 heterocycles. The highest BCUT2D eigenvalue weighted by atomic mass is 16.2. The van der Waals surface area contributed by atoms with Crippen LogP contribution in [0.4, 0.5) is 0 Å². The van der Waals surface area contributed by atoms with E-state index >= 15 is 0 Å². The van der Waals surface area contributed by atoms with Crippen molar-refractivity contribution in [3.05, 3.63) is 60.2 Å². The average molecular weight is 363 g/mol. The zero-order valence-corrected chi connectivity index (χ0v) is 16.3. The Labute approximate surface area is 163 Å². The molecule has 1 amide bonds. The summed E-state index contributed by atoms with van der Waals surface area (Å²) in [6.07, 6.45) is 5.63. The zero-order chi connectivity index (χ0) is 18.6. The number of likely N-dealkylation sites (N-methyl/N-ethyl adjacent to an activating group) is 1. The molecule has 142 valence electrons. The first-order valence-electron chi connectivity index (χ1n) is 10.3. The first-order chi connectivity index (χ1) is 13.2. The van der Waals surface area contributed by atoms with E-state index in [1.807, 2.05) is 18.0 Å². The van der Waals surface area contributed by atoms with Gasteiger partial charge in [0.2, 0.25) is 5.91 Å². The Bertz CT molecular complexity index is 752. The summed E-state index contributed by atoms with van der Waals surface area (Å²) in [6, 6.07) is 19.2. The monoisotopic (exact) mass is 362 g/mol. The van der Waals surface area contributed by atoms with Gasteiger partial charge in [0.15, 0.2) is 0 Å². The normalized spacial score (nSPS) is 20.4. The van der Waals surface area contributed by atoms with Crippen LogP contribution in [0.15, 0.2) is 54.6 Å². The molecule has 1 unspecified atom stereocenters. The van der Waals surface area contributed by atoms with Crippen LogP contribution in [0.3, 0.4) is 0 Å². The molecule has 2 aromatic carbocycles. The van der Waals surface area contributed by atoms with Gasteiger partial charge in [0.05, 0.1) is 6.42 Å². The number of carbonyl (C=O) groups excluding carboxylic acids is 1. The van der Waals surface area contributed by atoms with Crippen LogP contribution in [0, 0.1) is 5.92 Å². The Morgan fingerprint density at radius 1 is 1.00 bits per heavy atom. The maximum atomic E-state index is 12.8. The van der Waals surface area contributed by atoms with Gasteiger partial charge in [-0.3, -0.25) is 4.79 Å². The molecule has 2 aliphatic rings. The number of carbonyl (C=O) groups is 1. The van der Waals surface area contributed by atoms with Gasteiger partial charge in [0, 0.05) is 26.2 Å². The Hall–Kier alpha value is -2.13. The lowest BCUT2D eigenvalue weighted by Crippen LogP contribution is -2.49. The molecule has 1 aliphatic heterocycles. The largest absolute Gasteiger partial charge is 0.341 e. The van der Waals surface area contributed by atoms with Crippen LogP contribution in [-0.2, 0) is 11.2 Å². The lowest BCUT2D eigenvalue weighted by atomic mass is 10.0. The van der Waals surface area contributed by atoms with Crippen molar-refractivity contribution in [3.63, 3.8) is 0 Å². The van der Waals surface area contributed by atoms with E-state index in [0.29, 0.717) is 12.5 Å². The molecule has 27 heavy (non-hydrogen) atoms. The summed E-state index contributed by atoms with van der Waals surface area (Å²) in [7, 11) is 1.99. The van der Waals surface area contributed by atoms with Crippen LogP contribution in [0.5, 0.6) is 0 Å². The van der Waals surface area contributed by atoms with E-state index in [4.69, 9.17) is 0 Å². The summed E-state index contributed by atoms with van der Waals surface area (Å²) in [4.78, 5) is 17.4. The summed E-state index contributed by atoms with van der Waals surface area (Å²) in [6.45, 7) is 3.49. The van der Waals surface area contributed by atoms with Crippen LogP contribution in [0.25, 0.3) is 11.1 Å². The molecule has 0 aromatic heterocycles. The van der Waals surface area contributed by atoms with Gasteiger partial charge in [-0.1, -0.05) is 54.6 Å². The molecule has 3 nitrogen and oxygen atoms in total. The summed E-state index contributed by atoms with van der Waals surface area (Å²) in [5, 5.41) is 0. The third-order valence-electron chi connectivity index (χ3n) is 6.05. The number of likely N-dealkylation sites (tertiary alicyclic amines) is 1. The van der Waals surface area contributed by atoms with Gasteiger partial charge < -0.3 is 9.80 Å². The van der Waals surface area contributed by atoms with Crippen LogP contribution >= 0.6 is 0 Å². The van der Waals surface area contributed by atoms with E-state index in [0.717, 1.165) is 24.4 Å². The number of nitrogens with zero attached hydrogens (tertiary/aromatic N) is 2. The molecule has 3 heteroatoms. The molecule has 4 rings (SSSR count). The van der Waals surface area contributed by atoms with Crippen molar-refractivity contribution >= 4 is 5.91 Å². The van der Waals surface area contributed by atoms with Crippen LogP contribution in [0.1, 0.15) is 31.2 Å². The smallest absolute Gasteiger partial charge is 0.227 e. The van der Waals surface area contributed by atoms with Crippen molar-refractivity contribution in [1.29, 1.82) is 0 Å². The third kappa shape index (κ3) is 4.78. The van der Waals surface area contributed by atoms with Gasteiger partial charge in [0.1, 0.15) is 0 Å². The molecule has 1 saturated heterocycles. The molecule has 1 atom stereocenters. The lowest BCUT2D eigenvalue weighted by molar-refractivity contribution is -0.132. The van der Waals surface area contributed by atoms with Crippen LogP contribution in [0.2, 0.25) is 0 Å². The number of benzene rings is 2. The molecule has 0 spiro atoms. The summed E-state index contributed by atoms with van der Waals surface area (Å²) >= 11 is 0. The van der Waals surface area contributed by atoms with Crippen molar-refractivity contribution in [2.45, 2.75) is 38.1 Å². The highest BCUT2D eigenvalue weighted by Crippen LogP contribution is 2.31. The zero-order valence-electron chi connectivity index (χ0n) is 16.3. The summed E-state index contributed by atoms with van der Waals surface area (Å²) in [5.74, 6) is 1.16. The van der Waals surface area contributed by atoms with E-state index in [1.54, 1.807) is 0 Å². The molecule has 2 aromatic rings. The van der Waals surface area contributed by atoms with E-state index in [2.05, 4.69) is 53.4 Å². The maximum absolute atomic E-state index is 12.8. The molecule has 0 bridgehead atoms. The lowest BCUT2D eigenvalue weighted by Gasteiger charge is -2.37. The fraction of sp³-hybridized carbons (Fsp3) is 0.458. The first-order valence-corrected chi connectivity index (χ1v) is 10.3. The Morgan fingerprint density at radius 2 is 1.70 bits per heavy atom. The predicted molar refractivity (Wildman–Crippen MR) is 111 cm³/mol. The van der Waals surface area contributed by atoms with Gasteiger partial charge in [-0.05, 0) is 54.8 Å². The van der Waals surface area contributed by atoms with Gasteiger partial charge in [-0.25, -0.2) is 0 Å². The molecule has 1 aliphatic carbocycles. The topological polar surface area (TPSA) is 23.6 Å². The molecular weight excluding hydrogens is 332 g/mol. The fourth-order valence-corrected chi connectivity index (χ4v) is 4.13. The molecular formula is C24H30N2O. The highest BCUT2D eigenvalue weighted by molar-refractivity contribution is 5.79. The van der Waals surface area contributed by atoms with Crippen molar-refractivity contribution in [2.75, 3.05) is 26.7 Å². The molecule has 1 saturated carbocycles. The second-order valence-corrected chi connectivity index (χ2v) is 8.24. The SMILES string of the molecule is CN(C(=O)Cc1ccc(-c2ccccc2)cc1)C1CCCN(CC2CC2)C1. The highest BCUT2D eigenvalue weighted by Gasteiger charge is 2.30. The Kier molecular flexibility index (Phi) is 5.58. The van der Waals surface area contributed by atoms with E-state index in [1.165, 1.54) is 43.5 Å². The van der Waals surface area contributed by atoms with Crippen LogP contribution in [-0.4, -0.2) is 48.4 Å². The van der Waals surface area contributed by atoms with Crippen LogP contribution < -0.4 is 0 Å². The minimum atomic E-state index is 0.237. The number of hydrogen-bond donors (Lipinski definition) is 0. The van der Waals surface area contributed by atoms with E-state index in [-0.39, 0.29) is 5.91 Å². The number of amides is 1. The quantitative estimate of drug-likeness (QED) is 0.768. The second kappa shape index (κ2) is 8.26. The first kappa shape index (κ1) is 18.2. The number of rotatable bonds is 6. The predicted octanol–water partition coefficient (Wildman–Crippen LogP) is 4.23. The molecule has 2 fully saturated rings. The summed E-state index contributed by atoms with van der Waals surface area (Å²) in [5.41, 5.74) is 3.51. The van der Waals surface area contributed by atoms with Gasteiger partial charge in [-0.2, -0.15) is 0 Å². The van der Waals surface area contributed by atoms with Gasteiger partial charge in [-0.15, -0.1) is 0 Å². The molecule has 0 radical (unpaired) electrons. The second-order valence-electron chi connectivity index (χ2n) is 8.24. The van der Waals surface area contributed by atoms with Gasteiger partial charge in [0.25, 0.3) is 0 Å². The fourth-order valence-electron chi connectivity index (χ4n) is 4.13. The minimum absolute atomic E-state index is 0.237. The van der Waals surface area contributed by atoms with Gasteiger partial charge >= 0.3 is 0 Å². The minimum Gasteiger partial charge on any atom is -0.341 e. The Morgan fingerprint density at radius 3 is 2.41 bits per heavy atom. The van der Waals surface area contributed by atoms with E-state index < -0.39 is 0 Å². The number of piperidine rings is 1. The van der Waals surface area contributed by atoms with Crippen molar-refractivity contribution in [2.24, 2.45) is 5.92 Å². The standard InChI is InChI=1S/C24H30N2O/c1-25(23-8-5-15-26(18-23)17-20-9-10-20)24(27)16-19-11-13-22(14-12-19)21-6-3-2-4-7-21/h2-4,6-7,11-14,20,23H,5,8-10,15-18H2,1H3. The average Bonchev–Trinajstić information content (AvgIpc) is 3.53.